The Labute approximate surface area is 127 Å². The van der Waals surface area contributed by atoms with Gasteiger partial charge in [0.15, 0.2) is 0 Å². The Balaban J connectivity index is 2.19. The van der Waals surface area contributed by atoms with E-state index in [1.807, 2.05) is 6.07 Å². The third kappa shape index (κ3) is 4.10. The van der Waals surface area contributed by atoms with E-state index in [-0.39, 0.29) is 0 Å². The van der Waals surface area contributed by atoms with Crippen LogP contribution in [0.25, 0.3) is 6.08 Å². The van der Waals surface area contributed by atoms with Crippen molar-refractivity contribution in [1.29, 1.82) is 0 Å². The lowest BCUT2D eigenvalue weighted by atomic mass is 9.93. The van der Waals surface area contributed by atoms with Gasteiger partial charge in [0.25, 0.3) is 0 Å². The summed E-state index contributed by atoms with van der Waals surface area (Å²) in [6.07, 6.45) is 9.44. The van der Waals surface area contributed by atoms with Gasteiger partial charge in [0, 0.05) is 24.4 Å². The lowest BCUT2D eigenvalue weighted by Crippen LogP contribution is -2.37. The van der Waals surface area contributed by atoms with Gasteiger partial charge in [-0.2, -0.15) is 0 Å². The standard InChI is InChI=1S/C18H25NO2/c1-3-19(16-7-5-4-6-8-16)17-11-9-15(13-14(17)2)10-12-18(20)21/h9-13,16H,3-8H2,1-2H3,(H,20,21). The molecule has 1 aliphatic rings. The number of hydrogen-bond donors (Lipinski definition) is 1. The average Bonchev–Trinajstić information content (AvgIpc) is 2.49. The van der Waals surface area contributed by atoms with Crippen LogP contribution in [0, 0.1) is 6.92 Å². The Morgan fingerprint density at radius 1 is 1.33 bits per heavy atom. The van der Waals surface area contributed by atoms with E-state index in [2.05, 4.69) is 30.9 Å². The van der Waals surface area contributed by atoms with Gasteiger partial charge in [-0.3, -0.25) is 0 Å². The van der Waals surface area contributed by atoms with E-state index in [1.54, 1.807) is 6.08 Å². The Morgan fingerprint density at radius 2 is 2.05 bits per heavy atom. The Bertz CT molecular complexity index is 516. The third-order valence-corrected chi connectivity index (χ3v) is 4.30. The molecule has 0 heterocycles. The van der Waals surface area contributed by atoms with Crippen molar-refractivity contribution in [2.45, 2.75) is 52.0 Å². The summed E-state index contributed by atoms with van der Waals surface area (Å²) in [5.41, 5.74) is 3.45. The van der Waals surface area contributed by atoms with Crippen molar-refractivity contribution in [3.63, 3.8) is 0 Å². The smallest absolute Gasteiger partial charge is 0.328 e. The summed E-state index contributed by atoms with van der Waals surface area (Å²) < 4.78 is 0. The first kappa shape index (κ1) is 15.6. The van der Waals surface area contributed by atoms with Crippen LogP contribution in [0.1, 0.15) is 50.2 Å². The van der Waals surface area contributed by atoms with Crippen molar-refractivity contribution in [3.8, 4) is 0 Å². The minimum atomic E-state index is -0.908. The summed E-state index contributed by atoms with van der Waals surface area (Å²) in [6, 6.07) is 6.87. The zero-order chi connectivity index (χ0) is 15.2. The number of hydrogen-bond acceptors (Lipinski definition) is 2. The van der Waals surface area contributed by atoms with Gasteiger partial charge in [0.2, 0.25) is 0 Å². The van der Waals surface area contributed by atoms with E-state index in [1.165, 1.54) is 49.4 Å². The fourth-order valence-electron chi connectivity index (χ4n) is 3.29. The van der Waals surface area contributed by atoms with E-state index < -0.39 is 5.97 Å². The van der Waals surface area contributed by atoms with Gasteiger partial charge in [-0.15, -0.1) is 0 Å². The zero-order valence-corrected chi connectivity index (χ0v) is 13.0. The molecule has 1 aromatic carbocycles. The third-order valence-electron chi connectivity index (χ3n) is 4.30. The normalized spacial score (nSPS) is 16.3. The molecule has 2 rings (SSSR count). The first-order valence-corrected chi connectivity index (χ1v) is 7.90. The molecule has 0 spiro atoms. The van der Waals surface area contributed by atoms with Gasteiger partial charge in [0.05, 0.1) is 0 Å². The van der Waals surface area contributed by atoms with Crippen LogP contribution in [0.4, 0.5) is 5.69 Å². The molecule has 1 fully saturated rings. The SMILES string of the molecule is CCN(c1ccc(C=CC(=O)O)cc1C)C1CCCCC1. The summed E-state index contributed by atoms with van der Waals surface area (Å²) in [5, 5.41) is 8.70. The van der Waals surface area contributed by atoms with Gasteiger partial charge in [-0.05, 0) is 56.0 Å². The van der Waals surface area contributed by atoms with Crippen LogP contribution in [0.2, 0.25) is 0 Å². The Hall–Kier alpha value is -1.77. The van der Waals surface area contributed by atoms with Gasteiger partial charge >= 0.3 is 5.97 Å². The molecular weight excluding hydrogens is 262 g/mol. The maximum atomic E-state index is 10.6. The Kier molecular flexibility index (Phi) is 5.43. The van der Waals surface area contributed by atoms with Gasteiger partial charge < -0.3 is 10.0 Å². The molecule has 0 unspecified atom stereocenters. The van der Waals surface area contributed by atoms with E-state index in [0.29, 0.717) is 6.04 Å². The maximum absolute atomic E-state index is 10.6. The van der Waals surface area contributed by atoms with Crippen molar-refractivity contribution in [3.05, 3.63) is 35.4 Å². The van der Waals surface area contributed by atoms with E-state index in [9.17, 15) is 4.79 Å². The molecule has 0 atom stereocenters. The first-order chi connectivity index (χ1) is 10.1. The quantitative estimate of drug-likeness (QED) is 0.823. The molecule has 3 nitrogen and oxygen atoms in total. The minimum Gasteiger partial charge on any atom is -0.478 e. The van der Waals surface area contributed by atoms with Crippen LogP contribution < -0.4 is 4.90 Å². The molecule has 0 saturated heterocycles. The number of benzene rings is 1. The molecule has 0 aromatic heterocycles. The number of carbonyl (C=O) groups is 1. The molecule has 0 amide bonds. The molecule has 3 heteroatoms. The Morgan fingerprint density at radius 3 is 2.62 bits per heavy atom. The number of carboxylic acids is 1. The van der Waals surface area contributed by atoms with Crippen molar-refractivity contribution >= 4 is 17.7 Å². The molecule has 1 aromatic rings. The minimum absolute atomic E-state index is 0.655. The number of aryl methyl sites for hydroxylation is 1. The molecule has 21 heavy (non-hydrogen) atoms. The van der Waals surface area contributed by atoms with Gasteiger partial charge in [-0.25, -0.2) is 4.79 Å². The highest BCUT2D eigenvalue weighted by Gasteiger charge is 2.21. The number of rotatable bonds is 5. The summed E-state index contributed by atoms with van der Waals surface area (Å²) in [7, 11) is 0. The second-order valence-corrected chi connectivity index (χ2v) is 5.80. The number of carboxylic acid groups (broad SMARTS) is 1. The molecule has 1 N–H and O–H groups in total. The van der Waals surface area contributed by atoms with Gasteiger partial charge in [-0.1, -0.05) is 25.3 Å². The number of anilines is 1. The van der Waals surface area contributed by atoms with E-state index in [4.69, 9.17) is 5.11 Å². The lowest BCUT2D eigenvalue weighted by molar-refractivity contribution is -0.131. The largest absolute Gasteiger partial charge is 0.478 e. The summed E-state index contributed by atoms with van der Waals surface area (Å²) in [5.74, 6) is -0.908. The van der Waals surface area contributed by atoms with Crippen LogP contribution in [-0.4, -0.2) is 23.7 Å². The highest BCUT2D eigenvalue weighted by molar-refractivity contribution is 5.85. The average molecular weight is 287 g/mol. The molecule has 0 radical (unpaired) electrons. The predicted octanol–water partition coefficient (Wildman–Crippen LogP) is 4.25. The van der Waals surface area contributed by atoms with Crippen molar-refractivity contribution in [1.82, 2.24) is 0 Å². The molecule has 114 valence electrons. The monoisotopic (exact) mass is 287 g/mol. The fourth-order valence-corrected chi connectivity index (χ4v) is 3.29. The second-order valence-electron chi connectivity index (χ2n) is 5.80. The second kappa shape index (κ2) is 7.30. The predicted molar refractivity (Wildman–Crippen MR) is 87.7 cm³/mol. The topological polar surface area (TPSA) is 40.5 Å². The maximum Gasteiger partial charge on any atom is 0.328 e. The van der Waals surface area contributed by atoms with Crippen LogP contribution >= 0.6 is 0 Å². The summed E-state index contributed by atoms with van der Waals surface area (Å²) in [6.45, 7) is 5.35. The van der Waals surface area contributed by atoms with Crippen LogP contribution in [0.15, 0.2) is 24.3 Å². The number of aliphatic carboxylic acids is 1. The van der Waals surface area contributed by atoms with Crippen molar-refractivity contribution in [2.75, 3.05) is 11.4 Å². The van der Waals surface area contributed by atoms with E-state index >= 15 is 0 Å². The van der Waals surface area contributed by atoms with E-state index in [0.717, 1.165) is 12.1 Å². The van der Waals surface area contributed by atoms with Crippen LogP contribution in [0.5, 0.6) is 0 Å². The summed E-state index contributed by atoms with van der Waals surface area (Å²) in [4.78, 5) is 13.1. The van der Waals surface area contributed by atoms with Crippen molar-refractivity contribution in [2.24, 2.45) is 0 Å². The zero-order valence-electron chi connectivity index (χ0n) is 13.0. The summed E-state index contributed by atoms with van der Waals surface area (Å²) >= 11 is 0. The fraction of sp³-hybridized carbons (Fsp3) is 0.500. The molecule has 0 bridgehead atoms. The molecular formula is C18H25NO2. The lowest BCUT2D eigenvalue weighted by Gasteiger charge is -2.36. The van der Waals surface area contributed by atoms with Crippen LogP contribution in [-0.2, 0) is 4.79 Å². The van der Waals surface area contributed by atoms with Crippen LogP contribution in [0.3, 0.4) is 0 Å². The first-order valence-electron chi connectivity index (χ1n) is 7.90. The highest BCUT2D eigenvalue weighted by atomic mass is 16.4. The molecule has 1 aliphatic carbocycles. The van der Waals surface area contributed by atoms with Gasteiger partial charge in [0.1, 0.15) is 0 Å². The van der Waals surface area contributed by atoms with Crippen molar-refractivity contribution < 1.29 is 9.90 Å². The molecule has 1 saturated carbocycles. The number of nitrogens with zero attached hydrogens (tertiary/aromatic N) is 1. The highest BCUT2D eigenvalue weighted by Crippen LogP contribution is 2.30. The molecule has 0 aliphatic heterocycles.